The largest absolute Gasteiger partial charge is 0.419 e. The van der Waals surface area contributed by atoms with Gasteiger partial charge in [0.05, 0.1) is 27.7 Å². The lowest BCUT2D eigenvalue weighted by Crippen LogP contribution is -2.33. The van der Waals surface area contributed by atoms with E-state index in [0.717, 1.165) is 12.8 Å². The van der Waals surface area contributed by atoms with Crippen LogP contribution in [0, 0.1) is 0 Å². The molecule has 8 heteroatoms. The minimum Gasteiger partial charge on any atom is -0.419 e. The first-order valence-corrected chi connectivity index (χ1v) is 9.49. The van der Waals surface area contributed by atoms with Crippen LogP contribution < -0.4 is 0 Å². The van der Waals surface area contributed by atoms with Crippen LogP contribution in [0.25, 0.3) is 11.5 Å². The van der Waals surface area contributed by atoms with Crippen molar-refractivity contribution in [3.05, 3.63) is 69.0 Å². The molecule has 1 aromatic heterocycles. The third-order valence-electron chi connectivity index (χ3n) is 4.28. The van der Waals surface area contributed by atoms with Gasteiger partial charge in [0, 0.05) is 11.1 Å². The Balaban J connectivity index is 1.59. The smallest absolute Gasteiger partial charge is 0.256 e. The molecule has 138 valence electrons. The number of halogens is 3. The summed E-state index contributed by atoms with van der Waals surface area (Å²) in [6, 6.07) is 12.2. The van der Waals surface area contributed by atoms with E-state index in [4.69, 9.17) is 39.2 Å². The SMILES string of the molecule is O=C(c1cc(Cl)ccc1Cl)N(Cc1nnc(-c2ccccc2Cl)o1)C1CC1. The average Bonchev–Trinajstić information content (AvgIpc) is 3.40. The Morgan fingerprint density at radius 3 is 2.59 bits per heavy atom. The van der Waals surface area contributed by atoms with Gasteiger partial charge in [-0.3, -0.25) is 4.79 Å². The number of benzene rings is 2. The molecule has 1 amide bonds. The van der Waals surface area contributed by atoms with E-state index in [2.05, 4.69) is 10.2 Å². The molecule has 3 aromatic rings. The van der Waals surface area contributed by atoms with E-state index in [1.165, 1.54) is 0 Å². The number of nitrogens with zero attached hydrogens (tertiary/aromatic N) is 3. The summed E-state index contributed by atoms with van der Waals surface area (Å²) in [5.74, 6) is 0.449. The summed E-state index contributed by atoms with van der Waals surface area (Å²) in [4.78, 5) is 14.7. The first-order valence-electron chi connectivity index (χ1n) is 8.36. The highest BCUT2D eigenvalue weighted by molar-refractivity contribution is 6.35. The second kappa shape index (κ2) is 7.50. The Morgan fingerprint density at radius 2 is 1.85 bits per heavy atom. The fraction of sp³-hybridized carbons (Fsp3) is 0.211. The number of hydrogen-bond donors (Lipinski definition) is 0. The zero-order valence-corrected chi connectivity index (χ0v) is 16.3. The predicted molar refractivity (Wildman–Crippen MR) is 104 cm³/mol. The van der Waals surface area contributed by atoms with Crippen molar-refractivity contribution < 1.29 is 9.21 Å². The summed E-state index contributed by atoms with van der Waals surface area (Å²) in [5.41, 5.74) is 1.02. The van der Waals surface area contributed by atoms with Crippen LogP contribution in [0.5, 0.6) is 0 Å². The summed E-state index contributed by atoms with van der Waals surface area (Å²) in [5, 5.41) is 9.47. The Kier molecular flexibility index (Phi) is 5.08. The van der Waals surface area contributed by atoms with Gasteiger partial charge < -0.3 is 9.32 Å². The molecule has 0 atom stereocenters. The van der Waals surface area contributed by atoms with Crippen LogP contribution in [-0.2, 0) is 6.54 Å². The molecule has 1 aliphatic carbocycles. The van der Waals surface area contributed by atoms with E-state index >= 15 is 0 Å². The maximum absolute atomic E-state index is 13.0. The molecule has 1 heterocycles. The molecule has 1 saturated carbocycles. The standard InChI is InChI=1S/C19H14Cl3N3O2/c20-11-5-8-16(22)14(9-11)19(26)25(12-6-7-12)10-17-23-24-18(27-17)13-3-1-2-4-15(13)21/h1-5,8-9,12H,6-7,10H2. The zero-order chi connectivity index (χ0) is 19.0. The summed E-state index contributed by atoms with van der Waals surface area (Å²) >= 11 is 18.4. The number of amides is 1. The van der Waals surface area contributed by atoms with Gasteiger partial charge >= 0.3 is 0 Å². The van der Waals surface area contributed by atoms with Crippen LogP contribution in [0.2, 0.25) is 15.1 Å². The van der Waals surface area contributed by atoms with Gasteiger partial charge in [-0.15, -0.1) is 10.2 Å². The normalized spacial score (nSPS) is 13.6. The van der Waals surface area contributed by atoms with Gasteiger partial charge in [0.2, 0.25) is 11.8 Å². The van der Waals surface area contributed by atoms with Crippen LogP contribution in [0.1, 0.15) is 29.1 Å². The highest BCUT2D eigenvalue weighted by Crippen LogP contribution is 2.33. The van der Waals surface area contributed by atoms with Crippen LogP contribution in [-0.4, -0.2) is 27.0 Å². The van der Waals surface area contributed by atoms with Crippen molar-refractivity contribution in [1.82, 2.24) is 15.1 Å². The van der Waals surface area contributed by atoms with Gasteiger partial charge in [0.1, 0.15) is 0 Å². The second-order valence-corrected chi connectivity index (χ2v) is 7.52. The molecule has 0 unspecified atom stereocenters. The lowest BCUT2D eigenvalue weighted by atomic mass is 10.2. The minimum absolute atomic E-state index is 0.128. The topological polar surface area (TPSA) is 59.2 Å². The molecule has 4 rings (SSSR count). The number of rotatable bonds is 5. The molecule has 0 radical (unpaired) electrons. The molecule has 0 bridgehead atoms. The van der Waals surface area contributed by atoms with Crippen molar-refractivity contribution in [2.75, 3.05) is 0 Å². The van der Waals surface area contributed by atoms with E-state index in [0.29, 0.717) is 38.0 Å². The van der Waals surface area contributed by atoms with E-state index in [-0.39, 0.29) is 18.5 Å². The zero-order valence-electron chi connectivity index (χ0n) is 14.0. The van der Waals surface area contributed by atoms with E-state index in [9.17, 15) is 4.79 Å². The van der Waals surface area contributed by atoms with Gasteiger partial charge in [0.15, 0.2) is 0 Å². The van der Waals surface area contributed by atoms with Gasteiger partial charge in [-0.25, -0.2) is 0 Å². The van der Waals surface area contributed by atoms with Crippen molar-refractivity contribution in [3.63, 3.8) is 0 Å². The lowest BCUT2D eigenvalue weighted by molar-refractivity contribution is 0.0714. The van der Waals surface area contributed by atoms with Crippen molar-refractivity contribution in [2.24, 2.45) is 0 Å². The predicted octanol–water partition coefficient (Wildman–Crippen LogP) is 5.50. The van der Waals surface area contributed by atoms with Crippen molar-refractivity contribution in [1.29, 1.82) is 0 Å². The van der Waals surface area contributed by atoms with Gasteiger partial charge in [-0.2, -0.15) is 0 Å². The van der Waals surface area contributed by atoms with E-state index in [1.807, 2.05) is 12.1 Å². The molecule has 5 nitrogen and oxygen atoms in total. The summed E-state index contributed by atoms with van der Waals surface area (Å²) in [7, 11) is 0. The number of hydrogen-bond acceptors (Lipinski definition) is 4. The summed E-state index contributed by atoms with van der Waals surface area (Å²) < 4.78 is 5.74. The fourth-order valence-electron chi connectivity index (χ4n) is 2.78. The number of aromatic nitrogens is 2. The van der Waals surface area contributed by atoms with E-state index in [1.54, 1.807) is 35.2 Å². The number of carbonyl (C=O) groups is 1. The first kappa shape index (κ1) is 18.3. The van der Waals surface area contributed by atoms with Crippen molar-refractivity contribution in [3.8, 4) is 11.5 Å². The number of carbonyl (C=O) groups excluding carboxylic acids is 1. The van der Waals surface area contributed by atoms with Crippen LogP contribution >= 0.6 is 34.8 Å². The molecule has 0 saturated heterocycles. The first-order chi connectivity index (χ1) is 13.0. The van der Waals surface area contributed by atoms with Crippen LogP contribution in [0.15, 0.2) is 46.9 Å². The van der Waals surface area contributed by atoms with Gasteiger partial charge in [0.25, 0.3) is 5.91 Å². The highest BCUT2D eigenvalue weighted by Gasteiger charge is 2.35. The molecule has 0 spiro atoms. The Labute approximate surface area is 170 Å². The summed E-state index contributed by atoms with van der Waals surface area (Å²) in [6.07, 6.45) is 1.85. The van der Waals surface area contributed by atoms with Gasteiger partial charge in [-0.1, -0.05) is 46.9 Å². The highest BCUT2D eigenvalue weighted by atomic mass is 35.5. The van der Waals surface area contributed by atoms with E-state index < -0.39 is 0 Å². The Bertz CT molecular complexity index is 1000. The molecule has 1 aliphatic rings. The average molecular weight is 423 g/mol. The molecule has 27 heavy (non-hydrogen) atoms. The quantitative estimate of drug-likeness (QED) is 0.544. The van der Waals surface area contributed by atoms with Crippen LogP contribution in [0.3, 0.4) is 0 Å². The van der Waals surface area contributed by atoms with Crippen LogP contribution in [0.4, 0.5) is 0 Å². The van der Waals surface area contributed by atoms with Crippen molar-refractivity contribution in [2.45, 2.75) is 25.4 Å². The molecular formula is C19H14Cl3N3O2. The second-order valence-electron chi connectivity index (χ2n) is 6.27. The molecule has 2 aromatic carbocycles. The Morgan fingerprint density at radius 1 is 1.07 bits per heavy atom. The third kappa shape index (κ3) is 3.95. The monoisotopic (exact) mass is 421 g/mol. The Hall–Kier alpha value is -2.08. The van der Waals surface area contributed by atoms with Gasteiger partial charge in [-0.05, 0) is 43.2 Å². The summed E-state index contributed by atoms with van der Waals surface area (Å²) in [6.45, 7) is 0.198. The maximum Gasteiger partial charge on any atom is 0.256 e. The molecule has 0 N–H and O–H groups in total. The lowest BCUT2D eigenvalue weighted by Gasteiger charge is -2.21. The molecule has 0 aliphatic heterocycles. The molecule has 1 fully saturated rings. The maximum atomic E-state index is 13.0. The fourth-order valence-corrected chi connectivity index (χ4v) is 3.36. The third-order valence-corrected chi connectivity index (χ3v) is 5.18. The van der Waals surface area contributed by atoms with Crippen molar-refractivity contribution >= 4 is 40.7 Å². The minimum atomic E-state index is -0.206. The molecular weight excluding hydrogens is 409 g/mol.